The van der Waals surface area contributed by atoms with Crippen molar-refractivity contribution in [1.29, 1.82) is 5.26 Å². The molecule has 0 saturated carbocycles. The lowest BCUT2D eigenvalue weighted by Gasteiger charge is -2.26. The Morgan fingerprint density at radius 2 is 1.12 bits per heavy atom. The van der Waals surface area contributed by atoms with Gasteiger partial charge in [-0.1, -0.05) is 98.8 Å². The number of hydrogen-bond acceptors (Lipinski definition) is 2. The summed E-state index contributed by atoms with van der Waals surface area (Å²) >= 11 is 0. The lowest BCUT2D eigenvalue weighted by Crippen LogP contribution is -2.14. The Hall–Kier alpha value is -6.37. The highest BCUT2D eigenvalue weighted by Gasteiger charge is 2.35. The summed E-state index contributed by atoms with van der Waals surface area (Å²) in [6.45, 7) is 4.65. The van der Waals surface area contributed by atoms with Gasteiger partial charge in [-0.2, -0.15) is 5.26 Å². The normalized spacial score (nSPS) is 12.8. The van der Waals surface area contributed by atoms with Crippen LogP contribution in [-0.4, -0.2) is 4.57 Å². The third kappa shape index (κ3) is 4.57. The molecule has 3 nitrogen and oxygen atoms in total. The van der Waals surface area contributed by atoms with Gasteiger partial charge in [0, 0.05) is 38.9 Å². The molecule has 0 N–H and O–H groups in total. The van der Waals surface area contributed by atoms with Crippen LogP contribution in [0.25, 0.3) is 49.7 Å². The van der Waals surface area contributed by atoms with E-state index in [4.69, 9.17) is 0 Å². The molecule has 0 aliphatic heterocycles. The summed E-state index contributed by atoms with van der Waals surface area (Å²) in [6.07, 6.45) is 0. The zero-order valence-electron chi connectivity index (χ0n) is 27.4. The average molecular weight is 628 g/mol. The van der Waals surface area contributed by atoms with Crippen molar-refractivity contribution in [2.24, 2.45) is 0 Å². The predicted octanol–water partition coefficient (Wildman–Crippen LogP) is 12.1. The molecule has 0 fully saturated rings. The molecule has 0 amide bonds. The molecule has 3 heteroatoms. The summed E-state index contributed by atoms with van der Waals surface area (Å²) < 4.78 is 2.34. The molecule has 0 spiro atoms. The van der Waals surface area contributed by atoms with E-state index >= 15 is 0 Å². The highest BCUT2D eigenvalue weighted by molar-refractivity contribution is 6.10. The van der Waals surface area contributed by atoms with Gasteiger partial charge in [-0.15, -0.1) is 0 Å². The monoisotopic (exact) mass is 627 g/mol. The fraction of sp³-hybridized carbons (Fsp3) is 0.0652. The zero-order chi connectivity index (χ0) is 33.1. The molecule has 0 radical (unpaired) electrons. The number of hydrogen-bond donors (Lipinski definition) is 0. The fourth-order valence-corrected chi connectivity index (χ4v) is 7.77. The van der Waals surface area contributed by atoms with Gasteiger partial charge in [0.1, 0.15) is 0 Å². The molecule has 49 heavy (non-hydrogen) atoms. The Balaban J connectivity index is 1.16. The van der Waals surface area contributed by atoms with Gasteiger partial charge in [0.15, 0.2) is 0 Å². The van der Waals surface area contributed by atoms with Crippen molar-refractivity contribution in [3.63, 3.8) is 0 Å². The second-order valence-electron chi connectivity index (χ2n) is 13.4. The van der Waals surface area contributed by atoms with E-state index in [1.54, 1.807) is 0 Å². The Bertz CT molecular complexity index is 2570. The predicted molar refractivity (Wildman–Crippen MR) is 203 cm³/mol. The van der Waals surface area contributed by atoms with E-state index in [2.05, 4.69) is 169 Å². The molecular formula is C46H33N3. The second kappa shape index (κ2) is 11.1. The van der Waals surface area contributed by atoms with E-state index in [-0.39, 0.29) is 5.41 Å². The van der Waals surface area contributed by atoms with Crippen LogP contribution in [0.1, 0.15) is 30.5 Å². The molecule has 1 aliphatic carbocycles. The molecule has 1 heterocycles. The number of para-hydroxylation sites is 2. The van der Waals surface area contributed by atoms with E-state index in [0.29, 0.717) is 5.56 Å². The van der Waals surface area contributed by atoms with Crippen molar-refractivity contribution >= 4 is 38.9 Å². The van der Waals surface area contributed by atoms with Crippen molar-refractivity contribution < 1.29 is 0 Å². The highest BCUT2D eigenvalue weighted by atomic mass is 15.1. The molecule has 1 aromatic heterocycles. The molecule has 0 atom stereocenters. The van der Waals surface area contributed by atoms with Crippen LogP contribution in [0.15, 0.2) is 164 Å². The van der Waals surface area contributed by atoms with E-state index in [1.807, 2.05) is 24.3 Å². The standard InChI is InChI=1S/C46H33N3/c1-46(2)42-14-8-6-12-38(42)39-26-20-33(28-43(39)46)32-18-23-36(24-19-32)48(35-21-16-31(30-47)17-22-35)37-25-27-45-41(29-37)40-13-7-9-15-44(40)49(45)34-10-4-3-5-11-34/h3-29H,1-2H3. The van der Waals surface area contributed by atoms with Gasteiger partial charge in [-0.05, 0) is 112 Å². The van der Waals surface area contributed by atoms with Crippen LogP contribution in [0.5, 0.6) is 0 Å². The molecule has 1 aliphatic rings. The summed E-state index contributed by atoms with van der Waals surface area (Å²) in [5.41, 5.74) is 15.0. The van der Waals surface area contributed by atoms with E-state index in [1.165, 1.54) is 49.7 Å². The van der Waals surface area contributed by atoms with Gasteiger partial charge in [0.25, 0.3) is 0 Å². The van der Waals surface area contributed by atoms with Gasteiger partial charge in [-0.25, -0.2) is 0 Å². The first kappa shape index (κ1) is 28.8. The lowest BCUT2D eigenvalue weighted by atomic mass is 9.81. The minimum absolute atomic E-state index is 0.0451. The van der Waals surface area contributed by atoms with Gasteiger partial charge < -0.3 is 9.47 Å². The zero-order valence-corrected chi connectivity index (χ0v) is 27.4. The van der Waals surface area contributed by atoms with E-state index in [9.17, 15) is 5.26 Å². The Morgan fingerprint density at radius 3 is 1.90 bits per heavy atom. The van der Waals surface area contributed by atoms with Gasteiger partial charge >= 0.3 is 0 Å². The molecule has 0 bridgehead atoms. The van der Waals surface area contributed by atoms with Crippen molar-refractivity contribution in [2.45, 2.75) is 19.3 Å². The number of nitrogens with zero attached hydrogens (tertiary/aromatic N) is 3. The number of nitriles is 1. The second-order valence-corrected chi connectivity index (χ2v) is 13.4. The van der Waals surface area contributed by atoms with E-state index in [0.717, 1.165) is 28.3 Å². The summed E-state index contributed by atoms with van der Waals surface area (Å²) in [5.74, 6) is 0. The molecule has 0 saturated heterocycles. The van der Waals surface area contributed by atoms with Gasteiger partial charge in [-0.3, -0.25) is 0 Å². The Morgan fingerprint density at radius 1 is 0.510 bits per heavy atom. The topological polar surface area (TPSA) is 32.0 Å². The minimum Gasteiger partial charge on any atom is -0.310 e. The maximum absolute atomic E-state index is 9.53. The summed E-state index contributed by atoms with van der Waals surface area (Å²) in [7, 11) is 0. The molecule has 8 aromatic rings. The van der Waals surface area contributed by atoms with Crippen molar-refractivity contribution in [3.8, 4) is 34.0 Å². The number of fused-ring (bicyclic) bond motifs is 6. The maximum atomic E-state index is 9.53. The maximum Gasteiger partial charge on any atom is 0.0991 e. The summed E-state index contributed by atoms with van der Waals surface area (Å²) in [6, 6.07) is 60.6. The number of benzene rings is 7. The first-order valence-electron chi connectivity index (χ1n) is 16.7. The highest BCUT2D eigenvalue weighted by Crippen LogP contribution is 2.49. The molecule has 0 unspecified atom stereocenters. The molecule has 232 valence electrons. The third-order valence-electron chi connectivity index (χ3n) is 10.2. The average Bonchev–Trinajstić information content (AvgIpc) is 3.61. The SMILES string of the molecule is CC1(C)c2ccccc2-c2ccc(-c3ccc(N(c4ccc(C#N)cc4)c4ccc5c(c4)c4ccccc4n5-c4ccccc4)cc3)cc21. The number of rotatable bonds is 5. The van der Waals surface area contributed by atoms with Gasteiger partial charge in [0.05, 0.1) is 22.7 Å². The number of aromatic nitrogens is 1. The third-order valence-corrected chi connectivity index (χ3v) is 10.2. The molecular weight excluding hydrogens is 595 g/mol. The Labute approximate surface area is 286 Å². The van der Waals surface area contributed by atoms with Gasteiger partial charge in [0.2, 0.25) is 0 Å². The van der Waals surface area contributed by atoms with Crippen LogP contribution in [0.3, 0.4) is 0 Å². The number of anilines is 3. The van der Waals surface area contributed by atoms with Crippen molar-refractivity contribution in [1.82, 2.24) is 4.57 Å². The molecule has 9 rings (SSSR count). The van der Waals surface area contributed by atoms with Crippen LogP contribution in [0, 0.1) is 11.3 Å². The smallest absolute Gasteiger partial charge is 0.0991 e. The summed E-state index contributed by atoms with van der Waals surface area (Å²) in [5, 5.41) is 11.9. The van der Waals surface area contributed by atoms with Crippen LogP contribution >= 0.6 is 0 Å². The van der Waals surface area contributed by atoms with Crippen LogP contribution < -0.4 is 4.90 Å². The van der Waals surface area contributed by atoms with Crippen molar-refractivity contribution in [2.75, 3.05) is 4.90 Å². The quantitative estimate of drug-likeness (QED) is 0.190. The minimum atomic E-state index is -0.0451. The Kier molecular flexibility index (Phi) is 6.54. The van der Waals surface area contributed by atoms with Crippen LogP contribution in [0.4, 0.5) is 17.1 Å². The van der Waals surface area contributed by atoms with Crippen LogP contribution in [0.2, 0.25) is 0 Å². The van der Waals surface area contributed by atoms with Crippen molar-refractivity contribution in [3.05, 3.63) is 180 Å². The van der Waals surface area contributed by atoms with E-state index < -0.39 is 0 Å². The first-order chi connectivity index (χ1) is 24.0. The molecule has 7 aromatic carbocycles. The van der Waals surface area contributed by atoms with Crippen LogP contribution in [-0.2, 0) is 5.41 Å². The largest absolute Gasteiger partial charge is 0.310 e. The summed E-state index contributed by atoms with van der Waals surface area (Å²) in [4.78, 5) is 2.28. The first-order valence-corrected chi connectivity index (χ1v) is 16.7. The fourth-order valence-electron chi connectivity index (χ4n) is 7.77. The lowest BCUT2D eigenvalue weighted by molar-refractivity contribution is 0.660.